The molecule has 0 unspecified atom stereocenters. The number of amides is 1. The summed E-state index contributed by atoms with van der Waals surface area (Å²) < 4.78 is 6.77. The molecule has 4 N–H and O–H groups in total. The lowest BCUT2D eigenvalue weighted by molar-refractivity contribution is -0.113. The van der Waals surface area contributed by atoms with Gasteiger partial charge in [0.25, 0.3) is 5.95 Å². The van der Waals surface area contributed by atoms with Gasteiger partial charge in [0, 0.05) is 19.8 Å². The van der Waals surface area contributed by atoms with Crippen LogP contribution in [0.3, 0.4) is 0 Å². The first-order chi connectivity index (χ1) is 15.5. The van der Waals surface area contributed by atoms with Crippen LogP contribution in [-0.2, 0) is 4.79 Å². The van der Waals surface area contributed by atoms with Crippen molar-refractivity contribution in [2.24, 2.45) is 5.10 Å². The summed E-state index contributed by atoms with van der Waals surface area (Å²) in [5.41, 5.74) is 5.40. The fourth-order valence-corrected chi connectivity index (χ4v) is 3.30. The number of nitrogens with two attached hydrogens (primary N) is 1. The standard InChI is InChI=1S/C21H26N8O2S/c1-4-31-18-8-6-5-7-17(18)24-19(30)14-32-21-27-26-20(29(21)22)25-23-13-15-9-11-16(12-10-15)28(2)3/h5-13H,4,14,22H2,1-3H3,(H,24,30)(H,25,26)/b23-13+. The lowest BCUT2D eigenvalue weighted by atomic mass is 10.2. The molecule has 11 heteroatoms. The number of hydrogen-bond acceptors (Lipinski definition) is 9. The Labute approximate surface area is 190 Å². The molecule has 0 aliphatic heterocycles. The molecule has 0 aliphatic rings. The molecule has 0 saturated heterocycles. The molecule has 1 heterocycles. The van der Waals surface area contributed by atoms with Gasteiger partial charge in [0.2, 0.25) is 11.1 Å². The molecule has 3 rings (SSSR count). The molecule has 168 valence electrons. The number of nitrogens with one attached hydrogen (secondary N) is 2. The van der Waals surface area contributed by atoms with Gasteiger partial charge in [-0.2, -0.15) is 5.10 Å². The van der Waals surface area contributed by atoms with Gasteiger partial charge in [0.15, 0.2) is 0 Å². The first-order valence-electron chi connectivity index (χ1n) is 9.89. The van der Waals surface area contributed by atoms with Crippen LogP contribution in [0, 0.1) is 0 Å². The van der Waals surface area contributed by atoms with Gasteiger partial charge in [-0.15, -0.1) is 10.2 Å². The highest BCUT2D eigenvalue weighted by Gasteiger charge is 2.13. The highest BCUT2D eigenvalue weighted by molar-refractivity contribution is 7.99. The summed E-state index contributed by atoms with van der Waals surface area (Å²) >= 11 is 1.16. The number of carbonyl (C=O) groups excluding carboxylic acids is 1. The molecule has 3 aromatic rings. The van der Waals surface area contributed by atoms with Crippen LogP contribution in [0.1, 0.15) is 12.5 Å². The Morgan fingerprint density at radius 2 is 1.97 bits per heavy atom. The zero-order chi connectivity index (χ0) is 22.9. The summed E-state index contributed by atoms with van der Waals surface area (Å²) in [7, 11) is 3.97. The second-order valence-corrected chi connectivity index (χ2v) is 7.74. The van der Waals surface area contributed by atoms with Crippen molar-refractivity contribution < 1.29 is 9.53 Å². The van der Waals surface area contributed by atoms with Gasteiger partial charge in [-0.05, 0) is 36.8 Å². The Morgan fingerprint density at radius 3 is 2.69 bits per heavy atom. The Balaban J connectivity index is 1.53. The van der Waals surface area contributed by atoms with Crippen LogP contribution in [0.4, 0.5) is 17.3 Å². The second-order valence-electron chi connectivity index (χ2n) is 6.80. The van der Waals surface area contributed by atoms with E-state index in [9.17, 15) is 4.79 Å². The second kappa shape index (κ2) is 11.0. The van der Waals surface area contributed by atoms with Crippen LogP contribution < -0.4 is 26.2 Å². The topological polar surface area (TPSA) is 123 Å². The number of benzene rings is 2. The molecule has 0 saturated carbocycles. The minimum Gasteiger partial charge on any atom is -0.492 e. The molecule has 0 aliphatic carbocycles. The average molecular weight is 455 g/mol. The zero-order valence-corrected chi connectivity index (χ0v) is 19.0. The van der Waals surface area contributed by atoms with Gasteiger partial charge in [-0.1, -0.05) is 36.0 Å². The largest absolute Gasteiger partial charge is 0.492 e. The van der Waals surface area contributed by atoms with Gasteiger partial charge >= 0.3 is 0 Å². The number of aromatic nitrogens is 3. The number of hydrogen-bond donors (Lipinski definition) is 3. The SMILES string of the molecule is CCOc1ccccc1NC(=O)CSc1nnc(N/N=C/c2ccc(N(C)C)cc2)n1N. The minimum absolute atomic E-state index is 0.108. The van der Waals surface area contributed by atoms with E-state index in [2.05, 4.69) is 26.0 Å². The van der Waals surface area contributed by atoms with Gasteiger partial charge in [-0.25, -0.2) is 10.1 Å². The average Bonchev–Trinajstić information content (AvgIpc) is 3.13. The Morgan fingerprint density at radius 1 is 1.22 bits per heavy atom. The molecular weight excluding hydrogens is 428 g/mol. The number of nitrogens with zero attached hydrogens (tertiary/aromatic N) is 5. The highest BCUT2D eigenvalue weighted by atomic mass is 32.2. The smallest absolute Gasteiger partial charge is 0.264 e. The summed E-state index contributed by atoms with van der Waals surface area (Å²) in [6.45, 7) is 2.40. The predicted octanol–water partition coefficient (Wildman–Crippen LogP) is 2.63. The van der Waals surface area contributed by atoms with Gasteiger partial charge in [-0.3, -0.25) is 4.79 Å². The van der Waals surface area contributed by atoms with Gasteiger partial charge in [0.05, 0.1) is 24.3 Å². The first-order valence-corrected chi connectivity index (χ1v) is 10.9. The van der Waals surface area contributed by atoms with Crippen LogP contribution in [0.2, 0.25) is 0 Å². The summed E-state index contributed by atoms with van der Waals surface area (Å²) in [6.07, 6.45) is 1.66. The molecule has 1 aromatic heterocycles. The third kappa shape index (κ3) is 6.14. The summed E-state index contributed by atoms with van der Waals surface area (Å²) in [5.74, 6) is 6.80. The molecule has 0 spiro atoms. The zero-order valence-electron chi connectivity index (χ0n) is 18.1. The molecule has 0 fully saturated rings. The van der Waals surface area contributed by atoms with E-state index in [4.69, 9.17) is 10.6 Å². The highest BCUT2D eigenvalue weighted by Crippen LogP contribution is 2.24. The molecule has 0 bridgehead atoms. The van der Waals surface area contributed by atoms with E-state index in [1.54, 1.807) is 18.3 Å². The van der Waals surface area contributed by atoms with Gasteiger partial charge in [0.1, 0.15) is 5.75 Å². The molecule has 1 amide bonds. The van der Waals surface area contributed by atoms with Gasteiger partial charge < -0.3 is 20.8 Å². The van der Waals surface area contributed by atoms with E-state index in [0.29, 0.717) is 23.2 Å². The molecule has 0 atom stereocenters. The maximum absolute atomic E-state index is 12.3. The van der Waals surface area contributed by atoms with Crippen molar-refractivity contribution in [3.8, 4) is 5.75 Å². The number of para-hydroxylation sites is 2. The number of anilines is 3. The maximum Gasteiger partial charge on any atom is 0.264 e. The van der Waals surface area contributed by atoms with Crippen molar-refractivity contribution in [1.82, 2.24) is 14.9 Å². The lowest BCUT2D eigenvalue weighted by Gasteiger charge is -2.11. The van der Waals surface area contributed by atoms with E-state index in [-0.39, 0.29) is 17.6 Å². The van der Waals surface area contributed by atoms with E-state index < -0.39 is 0 Å². The lowest BCUT2D eigenvalue weighted by Crippen LogP contribution is -2.17. The maximum atomic E-state index is 12.3. The van der Waals surface area contributed by atoms with Crippen molar-refractivity contribution in [3.63, 3.8) is 0 Å². The fourth-order valence-electron chi connectivity index (χ4n) is 2.64. The number of ether oxygens (including phenoxy) is 1. The molecular formula is C21H26N8O2S. The summed E-state index contributed by atoms with van der Waals surface area (Å²) in [6, 6.07) is 15.2. The summed E-state index contributed by atoms with van der Waals surface area (Å²) in [4.78, 5) is 14.3. The monoisotopic (exact) mass is 454 g/mol. The third-order valence-electron chi connectivity index (χ3n) is 4.25. The van der Waals surface area contributed by atoms with Crippen molar-refractivity contribution in [2.45, 2.75) is 12.1 Å². The van der Waals surface area contributed by atoms with Crippen LogP contribution in [0.5, 0.6) is 5.75 Å². The summed E-state index contributed by atoms with van der Waals surface area (Å²) in [5, 5.41) is 15.3. The van der Waals surface area contributed by atoms with Crippen molar-refractivity contribution >= 4 is 41.2 Å². The normalized spacial score (nSPS) is 10.8. The van der Waals surface area contributed by atoms with Crippen LogP contribution in [-0.4, -0.2) is 53.5 Å². The van der Waals surface area contributed by atoms with Crippen molar-refractivity contribution in [2.75, 3.05) is 47.9 Å². The van der Waals surface area contributed by atoms with Crippen LogP contribution in [0.25, 0.3) is 0 Å². The van der Waals surface area contributed by atoms with E-state index in [1.165, 1.54) is 4.68 Å². The van der Waals surface area contributed by atoms with Crippen molar-refractivity contribution in [1.29, 1.82) is 0 Å². The first kappa shape index (κ1) is 22.9. The van der Waals surface area contributed by atoms with Crippen LogP contribution in [0.15, 0.2) is 58.8 Å². The minimum atomic E-state index is -0.209. The van der Waals surface area contributed by atoms with E-state index in [1.807, 2.05) is 62.3 Å². The number of hydrazone groups is 1. The number of rotatable bonds is 10. The molecule has 0 radical (unpaired) electrons. The van der Waals surface area contributed by atoms with E-state index >= 15 is 0 Å². The predicted molar refractivity (Wildman–Crippen MR) is 129 cm³/mol. The Kier molecular flexibility index (Phi) is 7.92. The third-order valence-corrected chi connectivity index (χ3v) is 5.19. The molecule has 10 nitrogen and oxygen atoms in total. The number of carbonyl (C=O) groups is 1. The van der Waals surface area contributed by atoms with E-state index in [0.717, 1.165) is 23.0 Å². The molecule has 2 aromatic carbocycles. The van der Waals surface area contributed by atoms with Crippen molar-refractivity contribution in [3.05, 3.63) is 54.1 Å². The molecule has 32 heavy (non-hydrogen) atoms. The van der Waals surface area contributed by atoms with Crippen LogP contribution >= 0.6 is 11.8 Å². The quantitative estimate of drug-likeness (QED) is 0.185. The Hall–Kier alpha value is -3.73. The number of thioether (sulfide) groups is 1. The fraction of sp³-hybridized carbons (Fsp3) is 0.238. The Bertz CT molecular complexity index is 1070. The number of nitrogen functional groups attached to an aromatic ring is 1.